The summed E-state index contributed by atoms with van der Waals surface area (Å²) in [5, 5.41) is 0. The molecule has 3 nitrogen and oxygen atoms in total. The molecule has 0 heterocycles. The maximum atomic E-state index is 11.9. The summed E-state index contributed by atoms with van der Waals surface area (Å²) in [7, 11) is 1.53. The van der Waals surface area contributed by atoms with Crippen LogP contribution in [0.4, 0.5) is 0 Å². The first-order chi connectivity index (χ1) is 8.70. The Morgan fingerprint density at radius 1 is 1.06 bits per heavy atom. The number of benzene rings is 2. The van der Waals surface area contributed by atoms with Crippen LogP contribution in [0.2, 0.25) is 0 Å². The van der Waals surface area contributed by atoms with Gasteiger partial charge in [-0.15, -0.1) is 0 Å². The van der Waals surface area contributed by atoms with Gasteiger partial charge in [0.15, 0.2) is 11.5 Å². The molecule has 2 rings (SSSR count). The van der Waals surface area contributed by atoms with E-state index >= 15 is 0 Å². The summed E-state index contributed by atoms with van der Waals surface area (Å²) in [6, 6.07) is 14.0. The van der Waals surface area contributed by atoms with E-state index in [1.807, 2.05) is 6.07 Å². The maximum absolute atomic E-state index is 11.9. The van der Waals surface area contributed by atoms with Crippen LogP contribution in [0.15, 0.2) is 53.0 Å². The highest BCUT2D eigenvalue weighted by atomic mass is 79.9. The third-order valence-electron chi connectivity index (χ3n) is 2.34. The van der Waals surface area contributed by atoms with Crippen LogP contribution >= 0.6 is 15.9 Å². The minimum atomic E-state index is -0.406. The van der Waals surface area contributed by atoms with E-state index in [-0.39, 0.29) is 0 Å². The van der Waals surface area contributed by atoms with Crippen molar-refractivity contribution in [2.24, 2.45) is 0 Å². The highest BCUT2D eigenvalue weighted by Crippen LogP contribution is 2.30. The van der Waals surface area contributed by atoms with Gasteiger partial charge in [0.2, 0.25) is 0 Å². The van der Waals surface area contributed by atoms with Gasteiger partial charge in [-0.2, -0.15) is 0 Å². The van der Waals surface area contributed by atoms with Crippen molar-refractivity contribution in [1.82, 2.24) is 0 Å². The lowest BCUT2D eigenvalue weighted by Crippen LogP contribution is -2.08. The van der Waals surface area contributed by atoms with Gasteiger partial charge >= 0.3 is 5.97 Å². The van der Waals surface area contributed by atoms with Gasteiger partial charge < -0.3 is 9.47 Å². The van der Waals surface area contributed by atoms with Gasteiger partial charge in [-0.05, 0) is 30.3 Å². The fourth-order valence-corrected chi connectivity index (χ4v) is 1.80. The lowest BCUT2D eigenvalue weighted by Gasteiger charge is -2.09. The second kappa shape index (κ2) is 5.69. The minimum absolute atomic E-state index is 0.398. The Bertz CT molecular complexity index is 552. The quantitative estimate of drug-likeness (QED) is 0.641. The average Bonchev–Trinajstić information content (AvgIpc) is 2.41. The molecule has 2 aromatic rings. The second-order valence-electron chi connectivity index (χ2n) is 3.55. The predicted molar refractivity (Wildman–Crippen MR) is 72.1 cm³/mol. The van der Waals surface area contributed by atoms with Gasteiger partial charge in [0, 0.05) is 4.47 Å². The van der Waals surface area contributed by atoms with Gasteiger partial charge in [-0.1, -0.05) is 34.1 Å². The van der Waals surface area contributed by atoms with Crippen LogP contribution < -0.4 is 9.47 Å². The number of rotatable bonds is 3. The van der Waals surface area contributed by atoms with Gasteiger partial charge in [0.25, 0.3) is 0 Å². The number of carbonyl (C=O) groups excluding carboxylic acids is 1. The van der Waals surface area contributed by atoms with Crippen molar-refractivity contribution in [3.05, 3.63) is 58.6 Å². The van der Waals surface area contributed by atoms with Crippen molar-refractivity contribution in [3.8, 4) is 11.5 Å². The fraction of sp³-hybridized carbons (Fsp3) is 0.0714. The Labute approximate surface area is 113 Å². The highest BCUT2D eigenvalue weighted by molar-refractivity contribution is 9.10. The zero-order chi connectivity index (χ0) is 13.0. The molecule has 0 saturated heterocycles. The topological polar surface area (TPSA) is 35.5 Å². The first-order valence-corrected chi connectivity index (χ1v) is 6.11. The van der Waals surface area contributed by atoms with E-state index in [1.165, 1.54) is 7.11 Å². The largest absolute Gasteiger partial charge is 0.493 e. The van der Waals surface area contributed by atoms with Gasteiger partial charge in [0.1, 0.15) is 0 Å². The number of hydrogen-bond donors (Lipinski definition) is 0. The molecule has 0 saturated carbocycles. The first kappa shape index (κ1) is 12.6. The molecule has 0 fully saturated rings. The Morgan fingerprint density at radius 3 is 2.44 bits per heavy atom. The molecule has 0 spiro atoms. The molecule has 0 bridgehead atoms. The first-order valence-electron chi connectivity index (χ1n) is 5.31. The predicted octanol–water partition coefficient (Wildman–Crippen LogP) is 3.68. The summed E-state index contributed by atoms with van der Waals surface area (Å²) in [5.41, 5.74) is 0.502. The minimum Gasteiger partial charge on any atom is -0.493 e. The Hall–Kier alpha value is -1.81. The van der Waals surface area contributed by atoms with Crippen LogP contribution in [0, 0.1) is 0 Å². The van der Waals surface area contributed by atoms with Crippen molar-refractivity contribution in [2.75, 3.05) is 7.11 Å². The zero-order valence-electron chi connectivity index (χ0n) is 9.72. The van der Waals surface area contributed by atoms with Gasteiger partial charge in [-0.25, -0.2) is 4.79 Å². The van der Waals surface area contributed by atoms with E-state index in [1.54, 1.807) is 42.5 Å². The monoisotopic (exact) mass is 306 g/mol. The van der Waals surface area contributed by atoms with Crippen LogP contribution in [-0.2, 0) is 0 Å². The van der Waals surface area contributed by atoms with E-state index in [4.69, 9.17) is 9.47 Å². The molecule has 92 valence electrons. The SMILES string of the molecule is COc1cc(Br)ccc1OC(=O)c1ccccc1. The summed E-state index contributed by atoms with van der Waals surface area (Å²) >= 11 is 3.33. The van der Waals surface area contributed by atoms with E-state index in [0.29, 0.717) is 17.1 Å². The number of carbonyl (C=O) groups is 1. The van der Waals surface area contributed by atoms with Crippen LogP contribution in [0.5, 0.6) is 11.5 Å². The Morgan fingerprint density at radius 2 is 1.78 bits per heavy atom. The molecule has 0 aliphatic carbocycles. The Kier molecular flexibility index (Phi) is 3.99. The van der Waals surface area contributed by atoms with E-state index in [9.17, 15) is 4.79 Å². The summed E-state index contributed by atoms with van der Waals surface area (Å²) in [4.78, 5) is 11.9. The molecule has 0 unspecified atom stereocenters. The van der Waals surface area contributed by atoms with Gasteiger partial charge in [0.05, 0.1) is 12.7 Å². The summed E-state index contributed by atoms with van der Waals surface area (Å²) in [5.74, 6) is 0.499. The van der Waals surface area contributed by atoms with E-state index < -0.39 is 5.97 Å². The maximum Gasteiger partial charge on any atom is 0.343 e. The Balaban J connectivity index is 2.22. The number of methoxy groups -OCH3 is 1. The van der Waals surface area contributed by atoms with Crippen LogP contribution in [0.1, 0.15) is 10.4 Å². The standard InChI is InChI=1S/C14H11BrO3/c1-17-13-9-11(15)7-8-12(13)18-14(16)10-5-3-2-4-6-10/h2-9H,1H3. The van der Waals surface area contributed by atoms with E-state index in [2.05, 4.69) is 15.9 Å². The lowest BCUT2D eigenvalue weighted by molar-refractivity contribution is 0.0729. The van der Waals surface area contributed by atoms with Crippen molar-refractivity contribution < 1.29 is 14.3 Å². The smallest absolute Gasteiger partial charge is 0.343 e. The molecule has 0 aliphatic rings. The van der Waals surface area contributed by atoms with Crippen molar-refractivity contribution in [1.29, 1.82) is 0 Å². The van der Waals surface area contributed by atoms with Crippen LogP contribution in [0.3, 0.4) is 0 Å². The van der Waals surface area contributed by atoms with Crippen molar-refractivity contribution >= 4 is 21.9 Å². The number of ether oxygens (including phenoxy) is 2. The summed E-state index contributed by atoms with van der Waals surface area (Å²) < 4.78 is 11.3. The molecule has 0 atom stereocenters. The number of halogens is 1. The highest BCUT2D eigenvalue weighted by Gasteiger charge is 2.11. The average molecular weight is 307 g/mol. The number of hydrogen-bond acceptors (Lipinski definition) is 3. The molecule has 0 aromatic heterocycles. The molecule has 0 N–H and O–H groups in total. The van der Waals surface area contributed by atoms with Crippen LogP contribution in [0.25, 0.3) is 0 Å². The lowest BCUT2D eigenvalue weighted by atomic mass is 10.2. The van der Waals surface area contributed by atoms with Crippen molar-refractivity contribution in [3.63, 3.8) is 0 Å². The van der Waals surface area contributed by atoms with Gasteiger partial charge in [-0.3, -0.25) is 0 Å². The third-order valence-corrected chi connectivity index (χ3v) is 2.83. The molecule has 0 aliphatic heterocycles. The normalized spacial score (nSPS) is 9.89. The molecule has 0 radical (unpaired) electrons. The molecule has 18 heavy (non-hydrogen) atoms. The van der Waals surface area contributed by atoms with Crippen LogP contribution in [-0.4, -0.2) is 13.1 Å². The van der Waals surface area contributed by atoms with E-state index in [0.717, 1.165) is 4.47 Å². The molecular formula is C14H11BrO3. The molecule has 2 aromatic carbocycles. The molecule has 0 amide bonds. The summed E-state index contributed by atoms with van der Waals surface area (Å²) in [6.07, 6.45) is 0. The second-order valence-corrected chi connectivity index (χ2v) is 4.47. The molecule has 4 heteroatoms. The zero-order valence-corrected chi connectivity index (χ0v) is 11.3. The fourth-order valence-electron chi connectivity index (χ4n) is 1.46. The summed E-state index contributed by atoms with van der Waals surface area (Å²) in [6.45, 7) is 0. The third kappa shape index (κ3) is 2.90. The van der Waals surface area contributed by atoms with Crippen molar-refractivity contribution in [2.45, 2.75) is 0 Å². The molecular weight excluding hydrogens is 296 g/mol. The number of esters is 1.